The van der Waals surface area contributed by atoms with Gasteiger partial charge in [0, 0.05) is 6.54 Å². The predicted octanol–water partition coefficient (Wildman–Crippen LogP) is 2.42. The number of nitrogens with zero attached hydrogens (tertiary/aromatic N) is 1. The van der Waals surface area contributed by atoms with Crippen LogP contribution in [-0.4, -0.2) is 36.0 Å². The minimum Gasteiger partial charge on any atom is -0.384 e. The molecule has 2 atom stereocenters. The van der Waals surface area contributed by atoms with E-state index in [1.165, 1.54) is 4.31 Å². The molecule has 0 spiro atoms. The highest BCUT2D eigenvalue weighted by Crippen LogP contribution is 2.37. The molecule has 1 aromatic rings. The van der Waals surface area contributed by atoms with Gasteiger partial charge in [0.2, 0.25) is 10.0 Å². The van der Waals surface area contributed by atoms with Gasteiger partial charge in [-0.05, 0) is 43.5 Å². The minimum absolute atomic E-state index is 0.190. The Labute approximate surface area is 128 Å². The molecule has 1 aliphatic heterocycles. The third-order valence-electron chi connectivity index (χ3n) is 3.98. The highest BCUT2D eigenvalue weighted by Gasteiger charge is 2.48. The number of aryl methyl sites for hydroxylation is 1. The second kappa shape index (κ2) is 5.26. The standard InChI is InChI=1S/C14H18BrNO3S/c1-10-4-6-13(7-5-10)20(18,19)16-9-12(8-15)14(3,17)11(16)2/h4-8,11,17H,9H2,1-3H3/b12-8-/t11-,14-/m0/s1. The van der Waals surface area contributed by atoms with Crippen molar-refractivity contribution in [3.8, 4) is 0 Å². The van der Waals surface area contributed by atoms with Gasteiger partial charge in [-0.3, -0.25) is 0 Å². The molecule has 2 rings (SSSR count). The Hall–Kier alpha value is -0.690. The Morgan fingerprint density at radius 2 is 1.95 bits per heavy atom. The monoisotopic (exact) mass is 359 g/mol. The largest absolute Gasteiger partial charge is 0.384 e. The molecule has 0 saturated carbocycles. The normalized spacial score (nSPS) is 30.1. The summed E-state index contributed by atoms with van der Waals surface area (Å²) >= 11 is 3.20. The predicted molar refractivity (Wildman–Crippen MR) is 82.2 cm³/mol. The van der Waals surface area contributed by atoms with E-state index in [-0.39, 0.29) is 11.4 Å². The molecule has 0 amide bonds. The third kappa shape index (κ3) is 2.45. The first-order valence-electron chi connectivity index (χ1n) is 6.32. The van der Waals surface area contributed by atoms with Crippen LogP contribution in [0.2, 0.25) is 0 Å². The Balaban J connectivity index is 2.44. The van der Waals surface area contributed by atoms with E-state index in [0.29, 0.717) is 5.57 Å². The van der Waals surface area contributed by atoms with Gasteiger partial charge < -0.3 is 5.11 Å². The van der Waals surface area contributed by atoms with Gasteiger partial charge in [-0.15, -0.1) is 0 Å². The molecule has 4 nitrogen and oxygen atoms in total. The van der Waals surface area contributed by atoms with Crippen molar-refractivity contribution >= 4 is 26.0 Å². The Bertz CT molecular complexity index is 635. The van der Waals surface area contributed by atoms with Gasteiger partial charge in [-0.25, -0.2) is 8.42 Å². The van der Waals surface area contributed by atoms with Crippen LogP contribution in [0, 0.1) is 6.92 Å². The first kappa shape index (κ1) is 15.7. The van der Waals surface area contributed by atoms with Crippen LogP contribution in [0.5, 0.6) is 0 Å². The summed E-state index contributed by atoms with van der Waals surface area (Å²) in [5.74, 6) is 0. The number of hydrogen-bond donors (Lipinski definition) is 1. The number of hydrogen-bond acceptors (Lipinski definition) is 3. The van der Waals surface area contributed by atoms with E-state index in [2.05, 4.69) is 15.9 Å². The Kier molecular flexibility index (Phi) is 4.12. The van der Waals surface area contributed by atoms with Crippen molar-refractivity contribution in [3.63, 3.8) is 0 Å². The number of benzene rings is 1. The highest BCUT2D eigenvalue weighted by atomic mass is 79.9. The molecule has 1 aliphatic rings. The first-order chi connectivity index (χ1) is 9.21. The summed E-state index contributed by atoms with van der Waals surface area (Å²) < 4.78 is 26.7. The average molecular weight is 360 g/mol. The molecule has 1 aromatic carbocycles. The molecule has 110 valence electrons. The van der Waals surface area contributed by atoms with Crippen LogP contribution in [0.3, 0.4) is 0 Å². The lowest BCUT2D eigenvalue weighted by molar-refractivity contribution is 0.0701. The van der Waals surface area contributed by atoms with Gasteiger partial charge in [0.25, 0.3) is 0 Å². The van der Waals surface area contributed by atoms with Crippen molar-refractivity contribution in [2.75, 3.05) is 6.54 Å². The summed E-state index contributed by atoms with van der Waals surface area (Å²) in [6.07, 6.45) is 0. The van der Waals surface area contributed by atoms with Crippen LogP contribution in [0.25, 0.3) is 0 Å². The minimum atomic E-state index is -3.61. The van der Waals surface area contributed by atoms with Crippen molar-refractivity contribution in [1.29, 1.82) is 0 Å². The number of aliphatic hydroxyl groups is 1. The van der Waals surface area contributed by atoms with Crippen molar-refractivity contribution in [2.45, 2.75) is 37.3 Å². The molecular formula is C14H18BrNO3S. The molecule has 1 heterocycles. The fourth-order valence-electron chi connectivity index (χ4n) is 2.30. The van der Waals surface area contributed by atoms with E-state index in [9.17, 15) is 13.5 Å². The Morgan fingerprint density at radius 1 is 1.40 bits per heavy atom. The topological polar surface area (TPSA) is 57.6 Å². The second-order valence-corrected chi connectivity index (χ2v) is 7.67. The average Bonchev–Trinajstić information content (AvgIpc) is 2.61. The van der Waals surface area contributed by atoms with Crippen molar-refractivity contribution < 1.29 is 13.5 Å². The van der Waals surface area contributed by atoms with E-state index in [1.807, 2.05) is 6.92 Å². The number of halogens is 1. The van der Waals surface area contributed by atoms with E-state index < -0.39 is 21.7 Å². The van der Waals surface area contributed by atoms with Crippen LogP contribution in [0.15, 0.2) is 39.7 Å². The Morgan fingerprint density at radius 3 is 2.40 bits per heavy atom. The fourth-order valence-corrected chi connectivity index (χ4v) is 4.59. The molecule has 0 radical (unpaired) electrons. The second-order valence-electron chi connectivity index (χ2n) is 5.32. The molecule has 20 heavy (non-hydrogen) atoms. The van der Waals surface area contributed by atoms with E-state index >= 15 is 0 Å². The van der Waals surface area contributed by atoms with Gasteiger partial charge in [0.1, 0.15) is 5.60 Å². The smallest absolute Gasteiger partial charge is 0.243 e. The molecular weight excluding hydrogens is 342 g/mol. The SMILES string of the molecule is Cc1ccc(S(=O)(=O)N2C/C(=C/Br)[C@@](C)(O)[C@@H]2C)cc1. The zero-order chi connectivity index (χ0) is 15.1. The van der Waals surface area contributed by atoms with Crippen molar-refractivity contribution in [2.24, 2.45) is 0 Å². The lowest BCUT2D eigenvalue weighted by Crippen LogP contribution is -2.43. The van der Waals surface area contributed by atoms with Gasteiger partial charge >= 0.3 is 0 Å². The summed E-state index contributed by atoms with van der Waals surface area (Å²) in [4.78, 5) is 1.86. The molecule has 6 heteroatoms. The number of sulfonamides is 1. The van der Waals surface area contributed by atoms with E-state index in [0.717, 1.165) is 5.56 Å². The summed E-state index contributed by atoms with van der Waals surface area (Å²) in [6.45, 7) is 5.45. The van der Waals surface area contributed by atoms with Crippen molar-refractivity contribution in [3.05, 3.63) is 40.4 Å². The zero-order valence-corrected chi connectivity index (χ0v) is 14.1. The van der Waals surface area contributed by atoms with Crippen LogP contribution in [0.4, 0.5) is 0 Å². The van der Waals surface area contributed by atoms with Crippen LogP contribution in [0.1, 0.15) is 19.4 Å². The maximum atomic E-state index is 12.7. The highest BCUT2D eigenvalue weighted by molar-refractivity contribution is 9.11. The fraction of sp³-hybridized carbons (Fsp3) is 0.429. The van der Waals surface area contributed by atoms with Gasteiger partial charge in [0.05, 0.1) is 10.9 Å². The molecule has 0 aliphatic carbocycles. The third-order valence-corrected chi connectivity index (χ3v) is 6.46. The van der Waals surface area contributed by atoms with Crippen LogP contribution >= 0.6 is 15.9 Å². The van der Waals surface area contributed by atoms with E-state index in [1.54, 1.807) is 43.1 Å². The van der Waals surface area contributed by atoms with Crippen LogP contribution in [-0.2, 0) is 10.0 Å². The lowest BCUT2D eigenvalue weighted by Gasteiger charge is -2.27. The maximum Gasteiger partial charge on any atom is 0.243 e. The summed E-state index contributed by atoms with van der Waals surface area (Å²) in [7, 11) is -3.61. The molecule has 0 unspecified atom stereocenters. The zero-order valence-electron chi connectivity index (χ0n) is 11.7. The van der Waals surface area contributed by atoms with E-state index in [4.69, 9.17) is 0 Å². The summed E-state index contributed by atoms with van der Waals surface area (Å²) in [5.41, 5.74) is 0.494. The van der Waals surface area contributed by atoms with Gasteiger partial charge in [0.15, 0.2) is 0 Å². The molecule has 1 N–H and O–H groups in total. The number of rotatable bonds is 2. The summed E-state index contributed by atoms with van der Waals surface area (Å²) in [5, 5.41) is 10.4. The van der Waals surface area contributed by atoms with Crippen LogP contribution < -0.4 is 0 Å². The molecule has 0 bridgehead atoms. The lowest BCUT2D eigenvalue weighted by atomic mass is 9.95. The first-order valence-corrected chi connectivity index (χ1v) is 8.67. The quantitative estimate of drug-likeness (QED) is 0.881. The molecule has 1 saturated heterocycles. The van der Waals surface area contributed by atoms with Gasteiger partial charge in [-0.2, -0.15) is 4.31 Å². The molecule has 0 aromatic heterocycles. The summed E-state index contributed by atoms with van der Waals surface area (Å²) in [6, 6.07) is 6.22. The maximum absolute atomic E-state index is 12.7. The molecule has 1 fully saturated rings. The van der Waals surface area contributed by atoms with Gasteiger partial charge in [-0.1, -0.05) is 33.6 Å². The van der Waals surface area contributed by atoms with Crippen molar-refractivity contribution in [1.82, 2.24) is 4.31 Å².